The molecule has 2 aromatic rings. The lowest BCUT2D eigenvalue weighted by Crippen LogP contribution is -2.24. The van der Waals surface area contributed by atoms with Gasteiger partial charge in [-0.15, -0.1) is 0 Å². The van der Waals surface area contributed by atoms with Crippen molar-refractivity contribution in [1.82, 2.24) is 9.78 Å². The maximum atomic E-state index is 12.5. The third kappa shape index (κ3) is 4.67. The molecule has 3 rings (SSSR count). The van der Waals surface area contributed by atoms with Crippen LogP contribution in [-0.2, 0) is 16.1 Å². The number of ether oxygens (including phenoxy) is 1. The molecule has 8 heteroatoms. The first kappa shape index (κ1) is 21.0. The summed E-state index contributed by atoms with van der Waals surface area (Å²) < 4.78 is 6.77. The molecule has 29 heavy (non-hydrogen) atoms. The van der Waals surface area contributed by atoms with Crippen LogP contribution in [-0.4, -0.2) is 40.6 Å². The molecule has 1 aromatic heterocycles. The number of aryl methyl sites for hydroxylation is 1. The number of nitrogens with zero attached hydrogens (tertiary/aromatic N) is 3. The van der Waals surface area contributed by atoms with Crippen LogP contribution in [0.1, 0.15) is 53.1 Å². The normalized spacial score (nSPS) is 14.0. The van der Waals surface area contributed by atoms with Gasteiger partial charge in [0.2, 0.25) is 5.91 Å². The Labute approximate surface area is 174 Å². The van der Waals surface area contributed by atoms with E-state index < -0.39 is 12.6 Å². The molecule has 1 aliphatic heterocycles. The van der Waals surface area contributed by atoms with Crippen molar-refractivity contribution in [2.75, 3.05) is 18.1 Å². The Kier molecular flexibility index (Phi) is 6.37. The van der Waals surface area contributed by atoms with E-state index in [1.54, 1.807) is 40.8 Å². The predicted molar refractivity (Wildman–Crippen MR) is 109 cm³/mol. The summed E-state index contributed by atoms with van der Waals surface area (Å²) in [6.45, 7) is 6.53. The smallest absolute Gasteiger partial charge is 0.343 e. The van der Waals surface area contributed by atoms with E-state index in [9.17, 15) is 14.4 Å². The van der Waals surface area contributed by atoms with Gasteiger partial charge in [-0.2, -0.15) is 5.10 Å². The lowest BCUT2D eigenvalue weighted by molar-refractivity contribution is -0.117. The first-order valence-electron chi connectivity index (χ1n) is 9.61. The van der Waals surface area contributed by atoms with Gasteiger partial charge < -0.3 is 9.64 Å². The van der Waals surface area contributed by atoms with Crippen molar-refractivity contribution in [2.24, 2.45) is 5.92 Å². The van der Waals surface area contributed by atoms with Gasteiger partial charge in [-0.3, -0.25) is 14.3 Å². The fraction of sp³-hybridized carbons (Fsp3) is 0.429. The van der Waals surface area contributed by atoms with Crippen molar-refractivity contribution in [3.63, 3.8) is 0 Å². The van der Waals surface area contributed by atoms with Crippen LogP contribution < -0.4 is 4.90 Å². The Balaban J connectivity index is 1.67. The molecule has 0 spiro atoms. The van der Waals surface area contributed by atoms with Crippen LogP contribution in [0.3, 0.4) is 0 Å². The highest BCUT2D eigenvalue weighted by molar-refractivity contribution is 6.32. The lowest BCUT2D eigenvalue weighted by atomic mass is 10.1. The van der Waals surface area contributed by atoms with E-state index in [4.69, 9.17) is 16.3 Å². The third-order valence-electron chi connectivity index (χ3n) is 4.70. The zero-order valence-electron chi connectivity index (χ0n) is 16.8. The minimum atomic E-state index is -0.679. The topological polar surface area (TPSA) is 81.5 Å². The fourth-order valence-corrected chi connectivity index (χ4v) is 3.63. The molecule has 0 atom stereocenters. The van der Waals surface area contributed by atoms with Crippen molar-refractivity contribution in [2.45, 2.75) is 40.2 Å². The molecule has 7 nitrogen and oxygen atoms in total. The maximum absolute atomic E-state index is 12.5. The van der Waals surface area contributed by atoms with Crippen molar-refractivity contribution in [1.29, 1.82) is 0 Å². The van der Waals surface area contributed by atoms with Crippen LogP contribution in [0.15, 0.2) is 24.3 Å². The van der Waals surface area contributed by atoms with E-state index in [0.29, 0.717) is 42.4 Å². The van der Waals surface area contributed by atoms with Gasteiger partial charge in [0.1, 0.15) is 10.7 Å². The maximum Gasteiger partial charge on any atom is 0.343 e. The fourth-order valence-electron chi connectivity index (χ4n) is 3.31. The number of carbonyl (C=O) groups is 3. The third-order valence-corrected chi connectivity index (χ3v) is 5.08. The summed E-state index contributed by atoms with van der Waals surface area (Å²) in [6.07, 6.45) is 1.32. The number of rotatable bonds is 7. The van der Waals surface area contributed by atoms with Crippen LogP contribution in [0.2, 0.25) is 5.15 Å². The minimum absolute atomic E-state index is 0.0459. The number of anilines is 1. The van der Waals surface area contributed by atoms with Gasteiger partial charge in [0, 0.05) is 30.8 Å². The van der Waals surface area contributed by atoms with Crippen molar-refractivity contribution >= 4 is 34.9 Å². The summed E-state index contributed by atoms with van der Waals surface area (Å²) in [5.41, 5.74) is 1.70. The molecular weight excluding hydrogens is 394 g/mol. The molecular formula is C21H24ClN3O4. The van der Waals surface area contributed by atoms with Crippen LogP contribution in [0.25, 0.3) is 0 Å². The largest absolute Gasteiger partial charge is 0.454 e. The number of halogens is 1. The number of Topliss-reactive ketones (excluding diaryl/α,β-unsaturated/α-hetero) is 1. The van der Waals surface area contributed by atoms with Crippen molar-refractivity contribution in [3.8, 4) is 0 Å². The van der Waals surface area contributed by atoms with Gasteiger partial charge in [-0.1, -0.05) is 37.6 Å². The van der Waals surface area contributed by atoms with E-state index in [2.05, 4.69) is 5.10 Å². The minimum Gasteiger partial charge on any atom is -0.454 e. The summed E-state index contributed by atoms with van der Waals surface area (Å²) in [6, 6.07) is 6.79. The second-order valence-electron chi connectivity index (χ2n) is 7.53. The number of hydrogen-bond donors (Lipinski definition) is 0. The highest BCUT2D eigenvalue weighted by atomic mass is 35.5. The van der Waals surface area contributed by atoms with E-state index >= 15 is 0 Å². The van der Waals surface area contributed by atoms with Crippen molar-refractivity contribution < 1.29 is 19.1 Å². The van der Waals surface area contributed by atoms with Crippen LogP contribution in [0.5, 0.6) is 0 Å². The molecule has 0 bridgehead atoms. The number of amides is 1. The average molecular weight is 418 g/mol. The van der Waals surface area contributed by atoms with E-state index in [0.717, 1.165) is 6.42 Å². The summed E-state index contributed by atoms with van der Waals surface area (Å²) >= 11 is 6.29. The number of ketones is 1. The zero-order chi connectivity index (χ0) is 21.1. The summed E-state index contributed by atoms with van der Waals surface area (Å²) in [4.78, 5) is 38.6. The molecule has 0 radical (unpaired) electrons. The lowest BCUT2D eigenvalue weighted by Gasteiger charge is -2.16. The van der Waals surface area contributed by atoms with Crippen LogP contribution >= 0.6 is 11.6 Å². The average Bonchev–Trinajstić information content (AvgIpc) is 3.22. The van der Waals surface area contributed by atoms with Crippen LogP contribution in [0.4, 0.5) is 5.69 Å². The SMILES string of the molecule is Cc1nn(CC(C)C)c(Cl)c1C(=O)OCC(=O)c1cccc(N2CCCC2=O)c1. The van der Waals surface area contributed by atoms with Crippen LogP contribution in [0, 0.1) is 12.8 Å². The number of esters is 1. The molecule has 2 heterocycles. The van der Waals surface area contributed by atoms with Gasteiger partial charge >= 0.3 is 5.97 Å². The highest BCUT2D eigenvalue weighted by Crippen LogP contribution is 2.24. The van der Waals surface area contributed by atoms with Gasteiger partial charge in [-0.25, -0.2) is 4.79 Å². The van der Waals surface area contributed by atoms with E-state index in [1.165, 1.54) is 0 Å². The van der Waals surface area contributed by atoms with Gasteiger partial charge in [0.05, 0.1) is 5.69 Å². The predicted octanol–water partition coefficient (Wildman–Crippen LogP) is 3.67. The molecule has 1 saturated heterocycles. The molecule has 1 aliphatic rings. The Morgan fingerprint density at radius 1 is 1.31 bits per heavy atom. The highest BCUT2D eigenvalue weighted by Gasteiger charge is 2.24. The number of hydrogen-bond acceptors (Lipinski definition) is 5. The van der Waals surface area contributed by atoms with E-state index in [1.807, 2.05) is 13.8 Å². The molecule has 1 amide bonds. The van der Waals surface area contributed by atoms with Gasteiger partial charge in [0.15, 0.2) is 12.4 Å². The van der Waals surface area contributed by atoms with Gasteiger partial charge in [-0.05, 0) is 31.4 Å². The first-order valence-corrected chi connectivity index (χ1v) is 9.99. The standard InChI is InChI=1S/C21H24ClN3O4/c1-13(2)11-25-20(22)19(14(3)23-25)21(28)29-12-17(26)15-6-4-7-16(10-15)24-9-5-8-18(24)27/h4,6-7,10,13H,5,8-9,11-12H2,1-3H3. The Morgan fingerprint density at radius 2 is 2.07 bits per heavy atom. The summed E-state index contributed by atoms with van der Waals surface area (Å²) in [7, 11) is 0. The molecule has 1 aromatic carbocycles. The summed E-state index contributed by atoms with van der Waals surface area (Å²) in [5, 5.41) is 4.49. The number of aromatic nitrogens is 2. The molecule has 1 fully saturated rings. The molecule has 0 unspecified atom stereocenters. The Hall–Kier alpha value is -2.67. The summed E-state index contributed by atoms with van der Waals surface area (Å²) in [5.74, 6) is -0.673. The second kappa shape index (κ2) is 8.78. The zero-order valence-corrected chi connectivity index (χ0v) is 17.5. The molecule has 0 N–H and O–H groups in total. The van der Waals surface area contributed by atoms with Crippen molar-refractivity contribution in [3.05, 3.63) is 46.2 Å². The number of carbonyl (C=O) groups excluding carboxylic acids is 3. The van der Waals surface area contributed by atoms with E-state index in [-0.39, 0.29) is 22.4 Å². The monoisotopic (exact) mass is 417 g/mol. The first-order chi connectivity index (χ1) is 13.8. The Morgan fingerprint density at radius 3 is 2.72 bits per heavy atom. The second-order valence-corrected chi connectivity index (χ2v) is 7.88. The molecule has 0 saturated carbocycles. The quantitative estimate of drug-likeness (QED) is 0.507. The molecule has 0 aliphatic carbocycles. The number of benzene rings is 1. The molecule has 154 valence electrons. The van der Waals surface area contributed by atoms with Gasteiger partial charge in [0.25, 0.3) is 0 Å². The Bertz CT molecular complexity index is 951.